The van der Waals surface area contributed by atoms with E-state index in [9.17, 15) is 4.79 Å². The topological polar surface area (TPSA) is 46.5 Å². The van der Waals surface area contributed by atoms with E-state index in [1.807, 2.05) is 43.3 Å². The van der Waals surface area contributed by atoms with Crippen molar-refractivity contribution in [2.45, 2.75) is 6.92 Å². The maximum atomic E-state index is 10.5. The molecule has 5 heteroatoms. The minimum Gasteiger partial charge on any atom is -0.478 e. The number of carbonyl (C=O) groups is 1. The highest BCUT2D eigenvalue weighted by atomic mass is 79.9. The summed E-state index contributed by atoms with van der Waals surface area (Å²) in [4.78, 5) is 10.5. The number of rotatable bonds is 4. The van der Waals surface area contributed by atoms with Gasteiger partial charge in [0.1, 0.15) is 11.5 Å². The first-order valence-corrected chi connectivity index (χ1v) is 7.69. The van der Waals surface area contributed by atoms with Crippen LogP contribution in [-0.2, 0) is 4.79 Å². The Balaban J connectivity index is 2.23. The van der Waals surface area contributed by atoms with Crippen molar-refractivity contribution >= 4 is 43.9 Å². The molecule has 21 heavy (non-hydrogen) atoms. The second-order valence-corrected chi connectivity index (χ2v) is 6.14. The number of hydrogen-bond acceptors (Lipinski definition) is 2. The van der Waals surface area contributed by atoms with E-state index in [0.29, 0.717) is 0 Å². The van der Waals surface area contributed by atoms with Crippen LogP contribution in [0.25, 0.3) is 6.08 Å². The van der Waals surface area contributed by atoms with Crippen LogP contribution in [0.2, 0.25) is 0 Å². The summed E-state index contributed by atoms with van der Waals surface area (Å²) >= 11 is 6.85. The van der Waals surface area contributed by atoms with Gasteiger partial charge in [0.25, 0.3) is 0 Å². The molecule has 2 aromatic rings. The zero-order valence-electron chi connectivity index (χ0n) is 11.1. The van der Waals surface area contributed by atoms with E-state index in [-0.39, 0.29) is 0 Å². The van der Waals surface area contributed by atoms with Crippen LogP contribution in [0.4, 0.5) is 0 Å². The van der Waals surface area contributed by atoms with Gasteiger partial charge in [-0.25, -0.2) is 4.79 Å². The van der Waals surface area contributed by atoms with E-state index in [4.69, 9.17) is 9.84 Å². The van der Waals surface area contributed by atoms with Crippen LogP contribution in [0.1, 0.15) is 11.1 Å². The molecule has 0 amide bonds. The van der Waals surface area contributed by atoms with Crippen molar-refractivity contribution in [2.24, 2.45) is 0 Å². The number of carboxylic acid groups (broad SMARTS) is 1. The number of carboxylic acids is 1. The summed E-state index contributed by atoms with van der Waals surface area (Å²) in [6.45, 7) is 1.92. The van der Waals surface area contributed by atoms with Crippen LogP contribution < -0.4 is 4.74 Å². The third-order valence-electron chi connectivity index (χ3n) is 2.73. The van der Waals surface area contributed by atoms with Gasteiger partial charge in [0.05, 0.1) is 4.47 Å². The van der Waals surface area contributed by atoms with Gasteiger partial charge in [-0.1, -0.05) is 22.0 Å². The summed E-state index contributed by atoms with van der Waals surface area (Å²) in [6, 6.07) is 11.2. The molecule has 0 saturated carbocycles. The van der Waals surface area contributed by atoms with Crippen molar-refractivity contribution in [2.75, 3.05) is 0 Å². The first-order valence-electron chi connectivity index (χ1n) is 6.10. The molecule has 1 N–H and O–H groups in total. The lowest BCUT2D eigenvalue weighted by Crippen LogP contribution is -1.90. The fourth-order valence-electron chi connectivity index (χ4n) is 1.73. The highest BCUT2D eigenvalue weighted by Gasteiger charge is 2.06. The molecule has 0 aliphatic heterocycles. The van der Waals surface area contributed by atoms with E-state index in [0.717, 1.165) is 37.6 Å². The quantitative estimate of drug-likeness (QED) is 0.684. The Morgan fingerprint density at radius 2 is 1.86 bits per heavy atom. The van der Waals surface area contributed by atoms with Crippen molar-refractivity contribution in [1.82, 2.24) is 0 Å². The average molecular weight is 412 g/mol. The van der Waals surface area contributed by atoms with Gasteiger partial charge in [0.2, 0.25) is 0 Å². The fourth-order valence-corrected chi connectivity index (χ4v) is 2.86. The van der Waals surface area contributed by atoms with E-state index >= 15 is 0 Å². The fraction of sp³-hybridized carbons (Fsp3) is 0.0625. The molecule has 0 aliphatic rings. The molecular formula is C16H12Br2O3. The van der Waals surface area contributed by atoms with Crippen molar-refractivity contribution in [3.05, 3.63) is 62.5 Å². The number of aryl methyl sites for hydroxylation is 1. The lowest BCUT2D eigenvalue weighted by molar-refractivity contribution is -0.131. The number of benzene rings is 2. The predicted octanol–water partition coefficient (Wildman–Crippen LogP) is 5.41. The summed E-state index contributed by atoms with van der Waals surface area (Å²) in [5.74, 6) is 0.479. The summed E-state index contributed by atoms with van der Waals surface area (Å²) in [5.41, 5.74) is 1.74. The summed E-state index contributed by atoms with van der Waals surface area (Å²) in [6.07, 6.45) is 2.66. The number of hydrogen-bond donors (Lipinski definition) is 1. The first-order chi connectivity index (χ1) is 9.95. The molecule has 0 aliphatic carbocycles. The molecule has 0 heterocycles. The second kappa shape index (κ2) is 6.91. The Kier molecular flexibility index (Phi) is 5.20. The SMILES string of the molecule is Cc1cc(C=CC(=O)O)ccc1Oc1ccc(Br)cc1Br. The van der Waals surface area contributed by atoms with E-state index in [1.165, 1.54) is 0 Å². The van der Waals surface area contributed by atoms with Gasteiger partial charge in [-0.05, 0) is 70.4 Å². The van der Waals surface area contributed by atoms with Gasteiger partial charge in [-0.3, -0.25) is 0 Å². The molecule has 0 bridgehead atoms. The lowest BCUT2D eigenvalue weighted by atomic mass is 10.1. The standard InChI is InChI=1S/C16H12Br2O3/c1-10-8-11(3-7-16(19)20)2-5-14(10)21-15-6-4-12(17)9-13(15)18/h2-9H,1H3,(H,19,20). The van der Waals surface area contributed by atoms with Crippen LogP contribution in [0, 0.1) is 6.92 Å². The highest BCUT2D eigenvalue weighted by Crippen LogP contribution is 2.33. The molecule has 2 aromatic carbocycles. The second-order valence-electron chi connectivity index (χ2n) is 4.37. The Hall–Kier alpha value is -1.59. The Morgan fingerprint density at radius 3 is 2.48 bits per heavy atom. The zero-order chi connectivity index (χ0) is 15.4. The highest BCUT2D eigenvalue weighted by molar-refractivity contribution is 9.11. The van der Waals surface area contributed by atoms with Crippen LogP contribution >= 0.6 is 31.9 Å². The molecule has 0 spiro atoms. The third kappa shape index (κ3) is 4.44. The Labute approximate surface area is 139 Å². The molecular weight excluding hydrogens is 400 g/mol. The van der Waals surface area contributed by atoms with Crippen LogP contribution in [0.3, 0.4) is 0 Å². The minimum absolute atomic E-state index is 0.718. The molecule has 2 rings (SSSR count). The third-order valence-corrected chi connectivity index (χ3v) is 3.84. The van der Waals surface area contributed by atoms with Crippen LogP contribution in [-0.4, -0.2) is 11.1 Å². The first kappa shape index (κ1) is 15.8. The largest absolute Gasteiger partial charge is 0.478 e. The Bertz CT molecular complexity index is 709. The van der Waals surface area contributed by atoms with Gasteiger partial charge in [-0.15, -0.1) is 0 Å². The summed E-state index contributed by atoms with van der Waals surface area (Å²) < 4.78 is 7.69. The Morgan fingerprint density at radius 1 is 1.14 bits per heavy atom. The van der Waals surface area contributed by atoms with Crippen molar-refractivity contribution < 1.29 is 14.6 Å². The average Bonchev–Trinajstić information content (AvgIpc) is 2.42. The predicted molar refractivity (Wildman–Crippen MR) is 89.8 cm³/mol. The van der Waals surface area contributed by atoms with Gasteiger partial charge in [0, 0.05) is 10.5 Å². The van der Waals surface area contributed by atoms with E-state index in [2.05, 4.69) is 31.9 Å². The molecule has 3 nitrogen and oxygen atoms in total. The molecule has 108 valence electrons. The number of ether oxygens (including phenoxy) is 1. The molecule has 0 aromatic heterocycles. The van der Waals surface area contributed by atoms with Gasteiger partial charge in [-0.2, -0.15) is 0 Å². The van der Waals surface area contributed by atoms with Crippen LogP contribution in [0.15, 0.2) is 51.4 Å². The normalized spacial score (nSPS) is 10.8. The zero-order valence-corrected chi connectivity index (χ0v) is 14.3. The smallest absolute Gasteiger partial charge is 0.328 e. The van der Waals surface area contributed by atoms with Gasteiger partial charge >= 0.3 is 5.97 Å². The van der Waals surface area contributed by atoms with Gasteiger partial charge < -0.3 is 9.84 Å². The lowest BCUT2D eigenvalue weighted by Gasteiger charge is -2.11. The maximum absolute atomic E-state index is 10.5. The van der Waals surface area contributed by atoms with Crippen LogP contribution in [0.5, 0.6) is 11.5 Å². The number of aliphatic carboxylic acids is 1. The molecule has 0 atom stereocenters. The summed E-state index contributed by atoms with van der Waals surface area (Å²) in [7, 11) is 0. The molecule has 0 radical (unpaired) electrons. The maximum Gasteiger partial charge on any atom is 0.328 e. The van der Waals surface area contributed by atoms with E-state index in [1.54, 1.807) is 6.08 Å². The van der Waals surface area contributed by atoms with Gasteiger partial charge in [0.15, 0.2) is 0 Å². The van der Waals surface area contributed by atoms with Crippen molar-refractivity contribution in [1.29, 1.82) is 0 Å². The molecule has 0 fully saturated rings. The molecule has 0 unspecified atom stereocenters. The molecule has 0 saturated heterocycles. The van der Waals surface area contributed by atoms with E-state index < -0.39 is 5.97 Å². The van der Waals surface area contributed by atoms with Crippen molar-refractivity contribution in [3.63, 3.8) is 0 Å². The van der Waals surface area contributed by atoms with Crippen molar-refractivity contribution in [3.8, 4) is 11.5 Å². The summed E-state index contributed by atoms with van der Waals surface area (Å²) in [5, 5.41) is 8.63. The monoisotopic (exact) mass is 410 g/mol. The number of halogens is 2. The minimum atomic E-state index is -0.966.